The number of hydrogen-bond acceptors (Lipinski definition) is 1. The van der Waals surface area contributed by atoms with E-state index in [2.05, 4.69) is 182 Å². The number of para-hydroxylation sites is 1. The van der Waals surface area contributed by atoms with Crippen LogP contribution >= 0.6 is 0 Å². The van der Waals surface area contributed by atoms with Crippen LogP contribution in [0.4, 0.5) is 17.1 Å². The maximum Gasteiger partial charge on any atom is 0.0490 e. The van der Waals surface area contributed by atoms with Crippen LogP contribution < -0.4 is 4.90 Å². The molecule has 0 aliphatic carbocycles. The van der Waals surface area contributed by atoms with E-state index in [-0.39, 0.29) is 0 Å². The fourth-order valence-electron chi connectivity index (χ4n) is 6.57. The number of nitrogens with zero attached hydrogens (tertiary/aromatic N) is 1. The van der Waals surface area contributed by atoms with E-state index in [1.165, 1.54) is 65.8 Å². The Balaban J connectivity index is 1.21. The Labute approximate surface area is 258 Å². The second-order valence-corrected chi connectivity index (χ2v) is 11.4. The van der Waals surface area contributed by atoms with E-state index in [4.69, 9.17) is 0 Å². The second kappa shape index (κ2) is 10.9. The lowest BCUT2D eigenvalue weighted by Gasteiger charge is -2.27. The maximum absolute atomic E-state index is 2.36. The summed E-state index contributed by atoms with van der Waals surface area (Å²) in [6.07, 6.45) is 0. The molecule has 44 heavy (non-hydrogen) atoms. The average molecular weight is 562 g/mol. The molecule has 0 saturated carbocycles. The van der Waals surface area contributed by atoms with Crippen molar-refractivity contribution >= 4 is 49.4 Å². The molecule has 0 atom stereocenters. The van der Waals surface area contributed by atoms with Crippen LogP contribution in [0.5, 0.6) is 0 Å². The van der Waals surface area contributed by atoms with Crippen LogP contribution in [0.1, 0.15) is 5.56 Å². The molecule has 0 radical (unpaired) electrons. The quantitative estimate of drug-likeness (QED) is 0.189. The van der Waals surface area contributed by atoms with Gasteiger partial charge in [0.05, 0.1) is 0 Å². The zero-order valence-electron chi connectivity index (χ0n) is 24.6. The molecule has 0 heterocycles. The molecule has 0 spiro atoms. The van der Waals surface area contributed by atoms with Gasteiger partial charge >= 0.3 is 0 Å². The van der Waals surface area contributed by atoms with Crippen LogP contribution in [0.15, 0.2) is 170 Å². The molecule has 0 aliphatic heterocycles. The Bertz CT molecular complexity index is 2230. The van der Waals surface area contributed by atoms with Gasteiger partial charge in [-0.15, -0.1) is 0 Å². The molecule has 1 nitrogen and oxygen atoms in total. The van der Waals surface area contributed by atoms with Crippen molar-refractivity contribution < 1.29 is 0 Å². The van der Waals surface area contributed by atoms with E-state index >= 15 is 0 Å². The second-order valence-electron chi connectivity index (χ2n) is 11.4. The van der Waals surface area contributed by atoms with Gasteiger partial charge in [0.15, 0.2) is 0 Å². The smallest absolute Gasteiger partial charge is 0.0490 e. The third kappa shape index (κ3) is 4.51. The first kappa shape index (κ1) is 26.0. The highest BCUT2D eigenvalue weighted by Gasteiger charge is 2.15. The van der Waals surface area contributed by atoms with E-state index in [1.807, 2.05) is 0 Å². The van der Waals surface area contributed by atoms with Crippen LogP contribution in [-0.2, 0) is 0 Å². The largest absolute Gasteiger partial charge is 0.310 e. The van der Waals surface area contributed by atoms with Gasteiger partial charge in [-0.05, 0) is 103 Å². The summed E-state index contributed by atoms with van der Waals surface area (Å²) in [5.74, 6) is 0. The molecule has 0 aromatic heterocycles. The maximum atomic E-state index is 2.36. The highest BCUT2D eigenvalue weighted by Crippen LogP contribution is 2.40. The lowest BCUT2D eigenvalue weighted by atomic mass is 9.92. The molecule has 208 valence electrons. The van der Waals surface area contributed by atoms with Crippen LogP contribution in [0, 0.1) is 6.92 Å². The Morgan fingerprint density at radius 1 is 0.318 bits per heavy atom. The van der Waals surface area contributed by atoms with Gasteiger partial charge in [-0.1, -0.05) is 133 Å². The molecule has 0 fully saturated rings. The average Bonchev–Trinajstić information content (AvgIpc) is 3.10. The molecule has 0 N–H and O–H groups in total. The highest BCUT2D eigenvalue weighted by molar-refractivity contribution is 6.25. The predicted molar refractivity (Wildman–Crippen MR) is 189 cm³/mol. The Morgan fingerprint density at radius 3 is 1.30 bits per heavy atom. The van der Waals surface area contributed by atoms with Gasteiger partial charge in [0.25, 0.3) is 0 Å². The highest BCUT2D eigenvalue weighted by atomic mass is 15.1. The van der Waals surface area contributed by atoms with Crippen molar-refractivity contribution in [1.82, 2.24) is 0 Å². The first-order chi connectivity index (χ1) is 21.7. The van der Waals surface area contributed by atoms with Crippen molar-refractivity contribution in [3.63, 3.8) is 0 Å². The van der Waals surface area contributed by atoms with Gasteiger partial charge in [-0.25, -0.2) is 0 Å². The van der Waals surface area contributed by atoms with Crippen molar-refractivity contribution in [1.29, 1.82) is 0 Å². The van der Waals surface area contributed by atoms with Crippen molar-refractivity contribution in [2.45, 2.75) is 6.92 Å². The van der Waals surface area contributed by atoms with E-state index in [0.29, 0.717) is 0 Å². The van der Waals surface area contributed by atoms with Crippen LogP contribution in [0.2, 0.25) is 0 Å². The number of anilines is 3. The summed E-state index contributed by atoms with van der Waals surface area (Å²) >= 11 is 0. The summed E-state index contributed by atoms with van der Waals surface area (Å²) in [7, 11) is 0. The minimum absolute atomic E-state index is 1.13. The number of aryl methyl sites for hydroxylation is 1. The lowest BCUT2D eigenvalue weighted by Crippen LogP contribution is -2.11. The number of hydrogen-bond donors (Lipinski definition) is 0. The van der Waals surface area contributed by atoms with E-state index in [0.717, 1.165) is 11.4 Å². The molecule has 0 bridgehead atoms. The molecular weight excluding hydrogens is 530 g/mol. The van der Waals surface area contributed by atoms with Crippen LogP contribution in [0.3, 0.4) is 0 Å². The molecule has 8 aromatic carbocycles. The Kier molecular flexibility index (Phi) is 6.43. The zero-order valence-corrected chi connectivity index (χ0v) is 24.6. The summed E-state index contributed by atoms with van der Waals surface area (Å²) in [6.45, 7) is 2.18. The van der Waals surface area contributed by atoms with Crippen molar-refractivity contribution in [3.05, 3.63) is 175 Å². The Hall–Kier alpha value is -5.66. The van der Waals surface area contributed by atoms with E-state index in [9.17, 15) is 0 Å². The topological polar surface area (TPSA) is 3.24 Å². The van der Waals surface area contributed by atoms with Crippen molar-refractivity contribution in [2.75, 3.05) is 4.90 Å². The number of rotatable bonds is 5. The summed E-state index contributed by atoms with van der Waals surface area (Å²) in [4.78, 5) is 2.36. The van der Waals surface area contributed by atoms with Gasteiger partial charge in [-0.3, -0.25) is 0 Å². The summed E-state index contributed by atoms with van der Waals surface area (Å²) in [6, 6.07) is 61.5. The number of fused-ring (bicyclic) bond motifs is 6. The van der Waals surface area contributed by atoms with E-state index < -0.39 is 0 Å². The van der Waals surface area contributed by atoms with Gasteiger partial charge in [-0.2, -0.15) is 0 Å². The third-order valence-electron chi connectivity index (χ3n) is 8.79. The van der Waals surface area contributed by atoms with Crippen molar-refractivity contribution in [2.24, 2.45) is 0 Å². The fourth-order valence-corrected chi connectivity index (χ4v) is 6.57. The summed E-state index contributed by atoms with van der Waals surface area (Å²) in [5, 5.41) is 7.79. The predicted octanol–water partition coefficient (Wildman–Crippen LogP) is 12.3. The van der Waals surface area contributed by atoms with Gasteiger partial charge in [0.2, 0.25) is 0 Å². The minimum atomic E-state index is 1.13. The van der Waals surface area contributed by atoms with Crippen LogP contribution in [-0.4, -0.2) is 0 Å². The molecular formula is C43H31N. The molecule has 0 amide bonds. The zero-order chi connectivity index (χ0) is 29.5. The Morgan fingerprint density at radius 2 is 0.727 bits per heavy atom. The fraction of sp³-hybridized carbons (Fsp3) is 0.0233. The summed E-state index contributed by atoms with van der Waals surface area (Å²) in [5.41, 5.74) is 9.54. The molecule has 0 unspecified atom stereocenters. The third-order valence-corrected chi connectivity index (χ3v) is 8.79. The SMILES string of the molecule is Cc1ccccc1N(c1ccc(-c2ccccc2)cc1)c1ccc(-c2ccc3c4ccccc4c4ccccc4c3c2)cc1. The molecule has 0 saturated heterocycles. The standard InChI is InChI=1S/C43H31N/c1-30-11-5-10-18-43(30)44(35-24-19-32(20-25-35)31-12-3-2-4-13-31)36-26-21-33(22-27-36)34-23-28-41-39-16-7-6-14-37(39)38-15-8-9-17-40(38)42(41)29-34/h2-29H,1H3. The van der Waals surface area contributed by atoms with Gasteiger partial charge in [0, 0.05) is 17.1 Å². The first-order valence-corrected chi connectivity index (χ1v) is 15.2. The lowest BCUT2D eigenvalue weighted by molar-refractivity contribution is 1.25. The van der Waals surface area contributed by atoms with Gasteiger partial charge in [0.1, 0.15) is 0 Å². The molecule has 8 aromatic rings. The molecule has 0 aliphatic rings. The van der Waals surface area contributed by atoms with E-state index in [1.54, 1.807) is 0 Å². The molecule has 8 rings (SSSR count). The summed E-state index contributed by atoms with van der Waals surface area (Å²) < 4.78 is 0. The monoisotopic (exact) mass is 561 g/mol. The van der Waals surface area contributed by atoms with Gasteiger partial charge < -0.3 is 4.90 Å². The number of benzene rings is 8. The molecule has 1 heteroatoms. The minimum Gasteiger partial charge on any atom is -0.310 e. The van der Waals surface area contributed by atoms with Crippen LogP contribution in [0.25, 0.3) is 54.6 Å². The van der Waals surface area contributed by atoms with Crippen molar-refractivity contribution in [3.8, 4) is 22.3 Å². The first-order valence-electron chi connectivity index (χ1n) is 15.2. The normalized spacial score (nSPS) is 11.3.